The van der Waals surface area contributed by atoms with Crippen molar-refractivity contribution in [2.45, 2.75) is 18.9 Å². The molecule has 3 nitrogen and oxygen atoms in total. The number of nitrogens with one attached hydrogen (secondary N) is 1. The van der Waals surface area contributed by atoms with Crippen LogP contribution in [0.15, 0.2) is 18.2 Å². The minimum atomic E-state index is -0.230. The molecule has 96 valence electrons. The first-order valence-electron chi connectivity index (χ1n) is 6.23. The molecule has 0 spiro atoms. The van der Waals surface area contributed by atoms with Crippen LogP contribution in [0.5, 0.6) is 0 Å². The van der Waals surface area contributed by atoms with Crippen LogP contribution in [0.3, 0.4) is 0 Å². The number of hydrogen-bond acceptors (Lipinski definition) is 2. The Morgan fingerprint density at radius 2 is 2.28 bits per heavy atom. The van der Waals surface area contributed by atoms with E-state index in [-0.39, 0.29) is 5.82 Å². The van der Waals surface area contributed by atoms with Gasteiger partial charge in [0.2, 0.25) is 0 Å². The Morgan fingerprint density at radius 1 is 1.44 bits per heavy atom. The molecular weight excluding hydrogens is 249 g/mol. The molecule has 1 aromatic heterocycles. The third-order valence-electron chi connectivity index (χ3n) is 3.64. The average Bonchev–Trinajstić information content (AvgIpc) is 2.64. The second-order valence-electron chi connectivity index (χ2n) is 5.02. The Hall–Kier alpha value is -1.20. The molecule has 18 heavy (non-hydrogen) atoms. The van der Waals surface area contributed by atoms with Gasteiger partial charge in [-0.25, -0.2) is 4.39 Å². The molecule has 2 heterocycles. The smallest absolute Gasteiger partial charge is 0.178 e. The number of hydrogen-bond donors (Lipinski definition) is 1. The molecule has 0 saturated carbocycles. The predicted molar refractivity (Wildman–Crippen MR) is 72.8 cm³/mol. The molecule has 1 saturated heterocycles. The third kappa shape index (κ3) is 1.97. The van der Waals surface area contributed by atoms with Gasteiger partial charge in [0, 0.05) is 12.6 Å². The van der Waals surface area contributed by atoms with Crippen molar-refractivity contribution in [2.24, 2.45) is 0 Å². The van der Waals surface area contributed by atoms with Gasteiger partial charge in [0.1, 0.15) is 5.82 Å². The second kappa shape index (κ2) is 4.48. The summed E-state index contributed by atoms with van der Waals surface area (Å²) < 4.78 is 16.0. The minimum absolute atomic E-state index is 0.230. The molecule has 1 N–H and O–H groups in total. The quantitative estimate of drug-likeness (QED) is 0.801. The first-order chi connectivity index (χ1) is 8.65. The van der Waals surface area contributed by atoms with E-state index in [1.165, 1.54) is 18.6 Å². The number of aromatic amines is 1. The highest BCUT2D eigenvalue weighted by Crippen LogP contribution is 2.26. The van der Waals surface area contributed by atoms with E-state index in [4.69, 9.17) is 12.2 Å². The van der Waals surface area contributed by atoms with Crippen LogP contribution in [0, 0.1) is 10.6 Å². The lowest BCUT2D eigenvalue weighted by molar-refractivity contribution is 0.214. The predicted octanol–water partition coefficient (Wildman–Crippen LogP) is 3.10. The van der Waals surface area contributed by atoms with Crippen LogP contribution in [-0.2, 0) is 0 Å². The molecule has 0 bridgehead atoms. The number of benzene rings is 1. The molecule has 0 radical (unpaired) electrons. The lowest BCUT2D eigenvalue weighted by atomic mass is 10.1. The Morgan fingerprint density at radius 3 is 3.06 bits per heavy atom. The van der Waals surface area contributed by atoms with Crippen LogP contribution in [0.25, 0.3) is 11.0 Å². The van der Waals surface area contributed by atoms with Gasteiger partial charge >= 0.3 is 0 Å². The fourth-order valence-corrected chi connectivity index (χ4v) is 3.17. The maximum atomic E-state index is 13.2. The minimum Gasteiger partial charge on any atom is -0.330 e. The number of fused-ring (bicyclic) bond motifs is 1. The van der Waals surface area contributed by atoms with Crippen molar-refractivity contribution in [1.29, 1.82) is 0 Å². The fraction of sp³-hybridized carbons (Fsp3) is 0.462. The zero-order chi connectivity index (χ0) is 12.7. The van der Waals surface area contributed by atoms with E-state index in [0.717, 1.165) is 30.5 Å². The Balaban J connectivity index is 2.10. The monoisotopic (exact) mass is 265 g/mol. The molecule has 1 aliphatic rings. The zero-order valence-electron chi connectivity index (χ0n) is 10.3. The van der Waals surface area contributed by atoms with Crippen molar-refractivity contribution in [2.75, 3.05) is 20.1 Å². The van der Waals surface area contributed by atoms with Gasteiger partial charge in [-0.3, -0.25) is 0 Å². The molecule has 1 atom stereocenters. The highest BCUT2D eigenvalue weighted by atomic mass is 32.1. The van der Waals surface area contributed by atoms with Crippen LogP contribution in [-0.4, -0.2) is 34.6 Å². The van der Waals surface area contributed by atoms with Crippen LogP contribution < -0.4 is 0 Å². The summed E-state index contributed by atoms with van der Waals surface area (Å²) in [6, 6.07) is 5.20. The Bertz CT molecular complexity index is 631. The van der Waals surface area contributed by atoms with Crippen LogP contribution in [0.4, 0.5) is 4.39 Å². The van der Waals surface area contributed by atoms with Crippen molar-refractivity contribution in [3.8, 4) is 0 Å². The van der Waals surface area contributed by atoms with Gasteiger partial charge in [-0.1, -0.05) is 0 Å². The van der Waals surface area contributed by atoms with Crippen molar-refractivity contribution < 1.29 is 4.39 Å². The lowest BCUT2D eigenvalue weighted by Crippen LogP contribution is -2.33. The van der Waals surface area contributed by atoms with Crippen LogP contribution in [0.2, 0.25) is 0 Å². The van der Waals surface area contributed by atoms with Gasteiger partial charge in [0.25, 0.3) is 0 Å². The van der Waals surface area contributed by atoms with E-state index < -0.39 is 0 Å². The molecule has 1 fully saturated rings. The summed E-state index contributed by atoms with van der Waals surface area (Å²) in [6.07, 6.45) is 2.31. The number of halogens is 1. The number of aromatic nitrogens is 2. The van der Waals surface area contributed by atoms with E-state index >= 15 is 0 Å². The number of imidazole rings is 1. The van der Waals surface area contributed by atoms with Gasteiger partial charge in [0.05, 0.1) is 11.0 Å². The van der Waals surface area contributed by atoms with Crippen molar-refractivity contribution in [3.63, 3.8) is 0 Å². The van der Waals surface area contributed by atoms with Crippen molar-refractivity contribution in [3.05, 3.63) is 28.8 Å². The topological polar surface area (TPSA) is 24.0 Å². The maximum absolute atomic E-state index is 13.2. The zero-order valence-corrected chi connectivity index (χ0v) is 11.1. The highest BCUT2D eigenvalue weighted by molar-refractivity contribution is 7.71. The van der Waals surface area contributed by atoms with E-state index in [1.54, 1.807) is 0 Å². The molecule has 1 aliphatic heterocycles. The molecule has 1 unspecified atom stereocenters. The SMILES string of the molecule is CN1CCCC(n2c(=S)[nH]c3cc(F)ccc32)C1. The van der Waals surface area contributed by atoms with Crippen LogP contribution >= 0.6 is 12.2 Å². The fourth-order valence-electron chi connectivity index (χ4n) is 2.82. The second-order valence-corrected chi connectivity index (χ2v) is 5.41. The summed E-state index contributed by atoms with van der Waals surface area (Å²) in [7, 11) is 2.13. The van der Waals surface area contributed by atoms with E-state index in [1.807, 2.05) is 6.07 Å². The summed E-state index contributed by atoms with van der Waals surface area (Å²) in [5.74, 6) is -0.230. The van der Waals surface area contributed by atoms with Gasteiger partial charge in [-0.05, 0) is 56.9 Å². The summed E-state index contributed by atoms with van der Waals surface area (Å²) in [4.78, 5) is 5.42. The molecule has 0 amide bonds. The van der Waals surface area contributed by atoms with Gasteiger partial charge < -0.3 is 14.5 Å². The summed E-state index contributed by atoms with van der Waals surface area (Å²) in [6.45, 7) is 2.14. The average molecular weight is 265 g/mol. The summed E-state index contributed by atoms with van der Waals surface area (Å²) >= 11 is 5.38. The molecule has 0 aliphatic carbocycles. The first-order valence-corrected chi connectivity index (χ1v) is 6.64. The molecule has 2 aromatic rings. The number of H-pyrrole nitrogens is 1. The number of likely N-dealkylation sites (N-methyl/N-ethyl adjacent to an activating group) is 1. The molecular formula is C13H16FN3S. The third-order valence-corrected chi connectivity index (χ3v) is 3.94. The summed E-state index contributed by atoms with van der Waals surface area (Å²) in [5.41, 5.74) is 1.79. The maximum Gasteiger partial charge on any atom is 0.178 e. The normalized spacial score (nSPS) is 21.6. The van der Waals surface area contributed by atoms with Gasteiger partial charge in [-0.15, -0.1) is 0 Å². The van der Waals surface area contributed by atoms with Gasteiger partial charge in [0.15, 0.2) is 4.77 Å². The number of nitrogens with zero attached hydrogens (tertiary/aromatic N) is 2. The molecule has 3 rings (SSSR count). The molecule has 5 heteroatoms. The Kier molecular flexibility index (Phi) is 2.95. The number of piperidine rings is 1. The number of likely N-dealkylation sites (tertiary alicyclic amines) is 1. The van der Waals surface area contributed by atoms with E-state index in [9.17, 15) is 4.39 Å². The van der Waals surface area contributed by atoms with E-state index in [0.29, 0.717) is 10.8 Å². The standard InChI is InChI=1S/C13H16FN3S/c1-16-6-2-3-10(8-16)17-12-5-4-9(14)7-11(12)15-13(17)18/h4-5,7,10H,2-3,6,8H2,1H3,(H,15,18). The highest BCUT2D eigenvalue weighted by Gasteiger charge is 2.21. The van der Waals surface area contributed by atoms with Crippen molar-refractivity contribution >= 4 is 23.3 Å². The summed E-state index contributed by atoms with van der Waals surface area (Å²) in [5, 5.41) is 0. The van der Waals surface area contributed by atoms with Gasteiger partial charge in [-0.2, -0.15) is 0 Å². The molecule has 1 aromatic carbocycles. The van der Waals surface area contributed by atoms with Crippen molar-refractivity contribution in [1.82, 2.24) is 14.5 Å². The Labute approximate surface area is 110 Å². The lowest BCUT2D eigenvalue weighted by Gasteiger charge is -2.30. The first kappa shape index (κ1) is 11.9. The van der Waals surface area contributed by atoms with Crippen LogP contribution in [0.1, 0.15) is 18.9 Å². The number of rotatable bonds is 1. The van der Waals surface area contributed by atoms with E-state index in [2.05, 4.69) is 21.5 Å². The largest absolute Gasteiger partial charge is 0.330 e.